The third-order valence-corrected chi connectivity index (χ3v) is 2.54. The van der Waals surface area contributed by atoms with Gasteiger partial charge in [-0.1, -0.05) is 0 Å². The number of hydrogen-bond acceptors (Lipinski definition) is 6. The SMILES string of the molecule is COC(=O)/C(=C/N(C)C)N=CC1=C(O)CCCC1=O. The Morgan fingerprint density at radius 1 is 1.42 bits per heavy atom. The van der Waals surface area contributed by atoms with Crippen molar-refractivity contribution in [3.63, 3.8) is 0 Å². The molecule has 104 valence electrons. The molecule has 6 heteroatoms. The fourth-order valence-electron chi connectivity index (χ4n) is 1.62. The first kappa shape index (κ1) is 14.9. The van der Waals surface area contributed by atoms with Gasteiger partial charge in [-0.05, 0) is 6.42 Å². The summed E-state index contributed by atoms with van der Waals surface area (Å²) >= 11 is 0. The van der Waals surface area contributed by atoms with Crippen LogP contribution in [0.5, 0.6) is 0 Å². The molecule has 0 spiro atoms. The number of aliphatic hydroxyl groups excluding tert-OH is 1. The molecule has 19 heavy (non-hydrogen) atoms. The van der Waals surface area contributed by atoms with E-state index in [2.05, 4.69) is 9.73 Å². The van der Waals surface area contributed by atoms with Crippen LogP contribution in [-0.2, 0) is 14.3 Å². The van der Waals surface area contributed by atoms with Gasteiger partial charge in [0.05, 0.1) is 12.7 Å². The van der Waals surface area contributed by atoms with Gasteiger partial charge in [-0.25, -0.2) is 9.79 Å². The van der Waals surface area contributed by atoms with Gasteiger partial charge in [0.15, 0.2) is 11.5 Å². The van der Waals surface area contributed by atoms with Gasteiger partial charge in [-0.2, -0.15) is 0 Å². The summed E-state index contributed by atoms with van der Waals surface area (Å²) in [6.45, 7) is 0. The zero-order chi connectivity index (χ0) is 14.4. The van der Waals surface area contributed by atoms with Crippen molar-refractivity contribution >= 4 is 18.0 Å². The smallest absolute Gasteiger partial charge is 0.358 e. The first-order valence-electron chi connectivity index (χ1n) is 5.91. The molecule has 1 aliphatic carbocycles. The maximum absolute atomic E-state index is 11.6. The second kappa shape index (κ2) is 6.72. The van der Waals surface area contributed by atoms with Crippen molar-refractivity contribution < 1.29 is 19.4 Å². The normalized spacial score (nSPS) is 17.0. The first-order valence-corrected chi connectivity index (χ1v) is 5.91. The number of methoxy groups -OCH3 is 1. The topological polar surface area (TPSA) is 79.2 Å². The average Bonchev–Trinajstić information content (AvgIpc) is 2.35. The number of esters is 1. The standard InChI is InChI=1S/C13H18N2O4/c1-15(2)8-10(13(18)19-3)14-7-9-11(16)5-4-6-12(9)17/h7-8,16H,4-6H2,1-3H3/b10-8-,14-7?. The summed E-state index contributed by atoms with van der Waals surface area (Å²) in [7, 11) is 4.73. The Balaban J connectivity index is 2.99. The number of rotatable bonds is 4. The number of Topliss-reactive ketones (excluding diaryl/α,β-unsaturated/α-hetero) is 1. The molecule has 0 aliphatic heterocycles. The van der Waals surface area contributed by atoms with Gasteiger partial charge in [0, 0.05) is 39.4 Å². The van der Waals surface area contributed by atoms with Gasteiger partial charge in [0.25, 0.3) is 0 Å². The van der Waals surface area contributed by atoms with Crippen molar-refractivity contribution in [3.05, 3.63) is 23.2 Å². The molecular formula is C13H18N2O4. The molecule has 0 heterocycles. The van der Waals surface area contributed by atoms with Gasteiger partial charge < -0.3 is 14.7 Å². The number of carbonyl (C=O) groups excluding carboxylic acids is 2. The van der Waals surface area contributed by atoms with Crippen LogP contribution in [0.3, 0.4) is 0 Å². The molecule has 6 nitrogen and oxygen atoms in total. The molecule has 1 aliphatic rings. The highest BCUT2D eigenvalue weighted by atomic mass is 16.5. The van der Waals surface area contributed by atoms with Crippen LogP contribution in [0.2, 0.25) is 0 Å². The number of ether oxygens (including phenoxy) is 1. The van der Waals surface area contributed by atoms with E-state index >= 15 is 0 Å². The fourth-order valence-corrected chi connectivity index (χ4v) is 1.62. The molecular weight excluding hydrogens is 248 g/mol. The Bertz CT molecular complexity index is 461. The van der Waals surface area contributed by atoms with Crippen LogP contribution in [0.1, 0.15) is 19.3 Å². The van der Waals surface area contributed by atoms with Crippen molar-refractivity contribution in [1.82, 2.24) is 4.90 Å². The number of aliphatic hydroxyl groups is 1. The molecule has 0 unspecified atom stereocenters. The van der Waals surface area contributed by atoms with E-state index in [0.717, 1.165) is 0 Å². The van der Waals surface area contributed by atoms with E-state index in [1.165, 1.54) is 19.5 Å². The highest BCUT2D eigenvalue weighted by Gasteiger charge is 2.19. The Morgan fingerprint density at radius 2 is 2.11 bits per heavy atom. The van der Waals surface area contributed by atoms with E-state index < -0.39 is 5.97 Å². The van der Waals surface area contributed by atoms with Gasteiger partial charge in [0.1, 0.15) is 5.76 Å². The summed E-state index contributed by atoms with van der Waals surface area (Å²) in [6, 6.07) is 0. The summed E-state index contributed by atoms with van der Waals surface area (Å²) in [5.41, 5.74) is 0.228. The number of ketones is 1. The molecule has 1 N–H and O–H groups in total. The lowest BCUT2D eigenvalue weighted by atomic mass is 9.97. The largest absolute Gasteiger partial charge is 0.512 e. The zero-order valence-corrected chi connectivity index (χ0v) is 11.3. The highest BCUT2D eigenvalue weighted by molar-refractivity contribution is 6.14. The molecule has 0 aromatic rings. The molecule has 0 saturated carbocycles. The molecule has 0 radical (unpaired) electrons. The van der Waals surface area contributed by atoms with Crippen LogP contribution in [0.25, 0.3) is 0 Å². The molecule has 0 saturated heterocycles. The van der Waals surface area contributed by atoms with Crippen LogP contribution < -0.4 is 0 Å². The van der Waals surface area contributed by atoms with E-state index in [0.29, 0.717) is 19.3 Å². The summed E-state index contributed by atoms with van der Waals surface area (Å²) in [6.07, 6.45) is 4.18. The third kappa shape index (κ3) is 4.24. The van der Waals surface area contributed by atoms with Crippen LogP contribution in [-0.4, -0.2) is 49.2 Å². The summed E-state index contributed by atoms with van der Waals surface area (Å²) in [5, 5.41) is 9.65. The van der Waals surface area contributed by atoms with E-state index in [9.17, 15) is 14.7 Å². The predicted molar refractivity (Wildman–Crippen MR) is 70.8 cm³/mol. The number of carbonyl (C=O) groups is 2. The van der Waals surface area contributed by atoms with Crippen molar-refractivity contribution in [3.8, 4) is 0 Å². The predicted octanol–water partition coefficient (Wildman–Crippen LogP) is 1.20. The second-order valence-electron chi connectivity index (χ2n) is 4.36. The lowest BCUT2D eigenvalue weighted by molar-refractivity contribution is -0.136. The Hall–Kier alpha value is -2.11. The molecule has 1 rings (SSSR count). The summed E-state index contributed by atoms with van der Waals surface area (Å²) < 4.78 is 4.60. The minimum absolute atomic E-state index is 0.0223. The highest BCUT2D eigenvalue weighted by Crippen LogP contribution is 2.18. The average molecular weight is 266 g/mol. The molecule has 0 fully saturated rings. The van der Waals surface area contributed by atoms with E-state index in [1.807, 2.05) is 0 Å². The number of nitrogens with zero attached hydrogens (tertiary/aromatic N) is 2. The van der Waals surface area contributed by atoms with Crippen molar-refractivity contribution in [2.45, 2.75) is 19.3 Å². The monoisotopic (exact) mass is 266 g/mol. The minimum Gasteiger partial charge on any atom is -0.512 e. The third-order valence-electron chi connectivity index (χ3n) is 2.54. The van der Waals surface area contributed by atoms with E-state index in [4.69, 9.17) is 0 Å². The molecule has 0 atom stereocenters. The summed E-state index contributed by atoms with van der Waals surface area (Å²) in [5.74, 6) is -0.746. The Kier molecular flexibility index (Phi) is 5.29. The van der Waals surface area contributed by atoms with Gasteiger partial charge in [-0.15, -0.1) is 0 Å². The maximum atomic E-state index is 11.6. The van der Waals surface area contributed by atoms with Crippen molar-refractivity contribution in [2.24, 2.45) is 4.99 Å². The minimum atomic E-state index is -0.603. The number of hydrogen-bond donors (Lipinski definition) is 1. The fraction of sp³-hybridized carbons (Fsp3) is 0.462. The van der Waals surface area contributed by atoms with Crippen molar-refractivity contribution in [1.29, 1.82) is 0 Å². The zero-order valence-electron chi connectivity index (χ0n) is 11.3. The quantitative estimate of drug-likeness (QED) is 0.470. The Labute approximate surface area is 112 Å². The molecule has 0 aromatic carbocycles. The van der Waals surface area contributed by atoms with Crippen LogP contribution in [0, 0.1) is 0 Å². The van der Waals surface area contributed by atoms with Gasteiger partial charge in [0.2, 0.25) is 0 Å². The number of aliphatic imine (C=N–C) groups is 1. The van der Waals surface area contributed by atoms with Crippen molar-refractivity contribution in [2.75, 3.05) is 21.2 Å². The van der Waals surface area contributed by atoms with Gasteiger partial charge in [-0.3, -0.25) is 4.79 Å². The first-order chi connectivity index (χ1) is 8.95. The maximum Gasteiger partial charge on any atom is 0.358 e. The van der Waals surface area contributed by atoms with Gasteiger partial charge >= 0.3 is 5.97 Å². The van der Waals surface area contributed by atoms with E-state index in [1.54, 1.807) is 19.0 Å². The molecule has 0 amide bonds. The van der Waals surface area contributed by atoms with Crippen LogP contribution >= 0.6 is 0 Å². The summed E-state index contributed by atoms with van der Waals surface area (Å²) in [4.78, 5) is 28.7. The lowest BCUT2D eigenvalue weighted by Gasteiger charge is -2.11. The van der Waals surface area contributed by atoms with Crippen LogP contribution in [0.15, 0.2) is 28.2 Å². The van der Waals surface area contributed by atoms with Crippen LogP contribution in [0.4, 0.5) is 0 Å². The number of allylic oxidation sites excluding steroid dienone is 2. The lowest BCUT2D eigenvalue weighted by Crippen LogP contribution is -2.14. The molecule has 0 aromatic heterocycles. The molecule has 0 bridgehead atoms. The van der Waals surface area contributed by atoms with E-state index in [-0.39, 0.29) is 22.8 Å². The Morgan fingerprint density at radius 3 is 2.63 bits per heavy atom. The second-order valence-corrected chi connectivity index (χ2v) is 4.36.